The molecule has 0 aliphatic carbocycles. The van der Waals surface area contributed by atoms with E-state index in [-0.39, 0.29) is 23.5 Å². The second-order valence-corrected chi connectivity index (χ2v) is 8.42. The number of carbonyl (C=O) groups is 2. The van der Waals surface area contributed by atoms with Gasteiger partial charge < -0.3 is 20.0 Å². The molecule has 0 bridgehead atoms. The third kappa shape index (κ3) is 5.22. The number of halogens is 1. The maximum Gasteiger partial charge on any atom is 0.253 e. The van der Waals surface area contributed by atoms with Crippen molar-refractivity contribution in [1.82, 2.24) is 9.80 Å². The Morgan fingerprint density at radius 2 is 1.61 bits per heavy atom. The van der Waals surface area contributed by atoms with Gasteiger partial charge in [-0.2, -0.15) is 0 Å². The molecule has 0 spiro atoms. The molecule has 164 valence electrons. The maximum atomic E-state index is 13.1. The summed E-state index contributed by atoms with van der Waals surface area (Å²) in [6.07, 6.45) is 1.52. The number of amides is 2. The number of likely N-dealkylation sites (N-methyl/N-ethyl adjacent to an activating group) is 1. The molecule has 6 nitrogen and oxygen atoms in total. The normalized spacial score (nSPS) is 19.9. The molecule has 7 heteroatoms. The summed E-state index contributed by atoms with van der Waals surface area (Å²) >= 11 is 0. The Balaban J connectivity index is 1.33. The van der Waals surface area contributed by atoms with E-state index in [1.165, 1.54) is 30.0 Å². The van der Waals surface area contributed by atoms with Crippen molar-refractivity contribution in [3.05, 3.63) is 59.9 Å². The average Bonchev–Trinajstić information content (AvgIpc) is 2.80. The molecule has 1 atom stereocenters. The predicted octanol–water partition coefficient (Wildman–Crippen LogP) is 3.07. The van der Waals surface area contributed by atoms with Gasteiger partial charge in [0.15, 0.2) is 0 Å². The molecule has 4 rings (SSSR count). The van der Waals surface area contributed by atoms with Crippen LogP contribution in [-0.4, -0.2) is 67.9 Å². The highest BCUT2D eigenvalue weighted by atomic mass is 19.1. The number of piperazine rings is 1. The van der Waals surface area contributed by atoms with Crippen molar-refractivity contribution in [3.8, 4) is 0 Å². The quantitative estimate of drug-likeness (QED) is 0.820. The minimum atomic E-state index is -0.369. The van der Waals surface area contributed by atoms with E-state index < -0.39 is 0 Å². The van der Waals surface area contributed by atoms with Crippen LogP contribution in [0.25, 0.3) is 0 Å². The standard InChI is InChI=1S/C24H29FN4O2/c1-27-13-15-28(16-14-27)22-10-8-21(9-11-22)26-23(30)19-3-2-12-29(17-19)24(31)18-4-6-20(25)7-5-18/h4-11,19H,2-3,12-17H2,1H3,(H,26,30). The van der Waals surface area contributed by atoms with Gasteiger partial charge >= 0.3 is 0 Å². The maximum absolute atomic E-state index is 13.1. The van der Waals surface area contributed by atoms with E-state index in [1.54, 1.807) is 4.90 Å². The van der Waals surface area contributed by atoms with Crippen LogP contribution in [0.2, 0.25) is 0 Å². The Labute approximate surface area is 182 Å². The van der Waals surface area contributed by atoms with Crippen molar-refractivity contribution in [2.75, 3.05) is 56.5 Å². The van der Waals surface area contributed by atoms with E-state index in [4.69, 9.17) is 0 Å². The first-order valence-corrected chi connectivity index (χ1v) is 10.9. The summed E-state index contributed by atoms with van der Waals surface area (Å²) in [5, 5.41) is 3.00. The van der Waals surface area contributed by atoms with Crippen molar-refractivity contribution in [2.24, 2.45) is 5.92 Å². The van der Waals surface area contributed by atoms with Crippen LogP contribution in [0.15, 0.2) is 48.5 Å². The third-order valence-corrected chi connectivity index (χ3v) is 6.17. The lowest BCUT2D eigenvalue weighted by Crippen LogP contribution is -2.44. The molecular weight excluding hydrogens is 395 g/mol. The zero-order valence-corrected chi connectivity index (χ0v) is 17.9. The van der Waals surface area contributed by atoms with Crippen LogP contribution < -0.4 is 10.2 Å². The van der Waals surface area contributed by atoms with Gasteiger partial charge in [-0.25, -0.2) is 4.39 Å². The summed E-state index contributed by atoms with van der Waals surface area (Å²) in [6, 6.07) is 13.5. The minimum absolute atomic E-state index is 0.0658. The summed E-state index contributed by atoms with van der Waals surface area (Å²) in [5.74, 6) is -0.848. The Morgan fingerprint density at radius 1 is 0.935 bits per heavy atom. The summed E-state index contributed by atoms with van der Waals surface area (Å²) in [5.41, 5.74) is 2.38. The first-order chi connectivity index (χ1) is 15.0. The number of hydrogen-bond acceptors (Lipinski definition) is 4. The lowest BCUT2D eigenvalue weighted by molar-refractivity contribution is -0.121. The van der Waals surface area contributed by atoms with Gasteiger partial charge in [-0.3, -0.25) is 9.59 Å². The molecule has 2 fully saturated rings. The number of rotatable bonds is 4. The fraction of sp³-hybridized carbons (Fsp3) is 0.417. The molecule has 2 amide bonds. The molecule has 2 aliphatic rings. The number of piperidine rings is 1. The van der Waals surface area contributed by atoms with Gasteiger partial charge in [-0.05, 0) is 68.4 Å². The Morgan fingerprint density at radius 3 is 2.29 bits per heavy atom. The zero-order valence-electron chi connectivity index (χ0n) is 17.9. The highest BCUT2D eigenvalue weighted by Crippen LogP contribution is 2.23. The molecule has 1 N–H and O–H groups in total. The van der Waals surface area contributed by atoms with Crippen LogP contribution in [0.4, 0.5) is 15.8 Å². The number of nitrogens with one attached hydrogen (secondary N) is 1. The van der Waals surface area contributed by atoms with Gasteiger partial charge in [-0.15, -0.1) is 0 Å². The van der Waals surface area contributed by atoms with E-state index >= 15 is 0 Å². The molecule has 2 saturated heterocycles. The molecule has 0 aromatic heterocycles. The first-order valence-electron chi connectivity index (χ1n) is 10.9. The van der Waals surface area contributed by atoms with Crippen LogP contribution in [0, 0.1) is 11.7 Å². The minimum Gasteiger partial charge on any atom is -0.369 e. The van der Waals surface area contributed by atoms with Gasteiger partial charge in [0, 0.05) is 56.2 Å². The molecule has 0 saturated carbocycles. The van der Waals surface area contributed by atoms with Gasteiger partial charge in [0.2, 0.25) is 5.91 Å². The van der Waals surface area contributed by atoms with E-state index in [0.29, 0.717) is 18.7 Å². The van der Waals surface area contributed by atoms with E-state index in [1.807, 2.05) is 24.3 Å². The molecule has 31 heavy (non-hydrogen) atoms. The van der Waals surface area contributed by atoms with Crippen molar-refractivity contribution >= 4 is 23.2 Å². The highest BCUT2D eigenvalue weighted by molar-refractivity contribution is 5.96. The molecular formula is C24H29FN4O2. The van der Waals surface area contributed by atoms with Crippen molar-refractivity contribution < 1.29 is 14.0 Å². The van der Waals surface area contributed by atoms with Gasteiger partial charge in [0.1, 0.15) is 5.82 Å². The fourth-order valence-electron chi connectivity index (χ4n) is 4.22. The molecule has 1 unspecified atom stereocenters. The summed E-state index contributed by atoms with van der Waals surface area (Å²) < 4.78 is 13.1. The molecule has 2 aromatic carbocycles. The van der Waals surface area contributed by atoms with Gasteiger partial charge in [0.05, 0.1) is 5.92 Å². The monoisotopic (exact) mass is 424 g/mol. The van der Waals surface area contributed by atoms with Crippen LogP contribution in [0.1, 0.15) is 23.2 Å². The summed E-state index contributed by atoms with van der Waals surface area (Å²) in [7, 11) is 2.13. The number of carbonyl (C=O) groups excluding carboxylic acids is 2. The number of likely N-dealkylation sites (tertiary alicyclic amines) is 1. The summed E-state index contributed by atoms with van der Waals surface area (Å²) in [6.45, 7) is 5.09. The largest absolute Gasteiger partial charge is 0.369 e. The number of benzene rings is 2. The Hall–Kier alpha value is -2.93. The fourth-order valence-corrected chi connectivity index (χ4v) is 4.22. The number of anilines is 2. The predicted molar refractivity (Wildman–Crippen MR) is 120 cm³/mol. The van der Waals surface area contributed by atoms with E-state index in [9.17, 15) is 14.0 Å². The van der Waals surface area contributed by atoms with Crippen LogP contribution in [0.5, 0.6) is 0 Å². The molecule has 2 aliphatic heterocycles. The molecule has 0 radical (unpaired) electrons. The van der Waals surface area contributed by atoms with Gasteiger partial charge in [0.25, 0.3) is 5.91 Å². The zero-order chi connectivity index (χ0) is 21.8. The second-order valence-electron chi connectivity index (χ2n) is 8.42. The van der Waals surface area contributed by atoms with Crippen molar-refractivity contribution in [1.29, 1.82) is 0 Å². The van der Waals surface area contributed by atoms with Crippen molar-refractivity contribution in [3.63, 3.8) is 0 Å². The van der Waals surface area contributed by atoms with Gasteiger partial charge in [-0.1, -0.05) is 0 Å². The van der Waals surface area contributed by atoms with E-state index in [2.05, 4.69) is 22.2 Å². The Bertz CT molecular complexity index is 908. The van der Waals surface area contributed by atoms with Crippen molar-refractivity contribution in [2.45, 2.75) is 12.8 Å². The lowest BCUT2D eigenvalue weighted by atomic mass is 9.96. The SMILES string of the molecule is CN1CCN(c2ccc(NC(=O)C3CCCN(C(=O)c4ccc(F)cc4)C3)cc2)CC1. The molecule has 2 aromatic rings. The third-order valence-electron chi connectivity index (χ3n) is 6.17. The average molecular weight is 425 g/mol. The van der Waals surface area contributed by atoms with E-state index in [0.717, 1.165) is 44.7 Å². The first kappa shape index (κ1) is 21.3. The van der Waals surface area contributed by atoms with Crippen LogP contribution in [0.3, 0.4) is 0 Å². The Kier molecular flexibility index (Phi) is 6.51. The van der Waals surface area contributed by atoms with Crippen LogP contribution >= 0.6 is 0 Å². The highest BCUT2D eigenvalue weighted by Gasteiger charge is 2.29. The lowest BCUT2D eigenvalue weighted by Gasteiger charge is -2.34. The molecule has 2 heterocycles. The van der Waals surface area contributed by atoms with Crippen LogP contribution in [-0.2, 0) is 4.79 Å². The smallest absolute Gasteiger partial charge is 0.253 e. The summed E-state index contributed by atoms with van der Waals surface area (Å²) in [4.78, 5) is 31.9. The topological polar surface area (TPSA) is 55.9 Å². The number of hydrogen-bond donors (Lipinski definition) is 1. The second kappa shape index (κ2) is 9.47. The number of nitrogens with zero attached hydrogens (tertiary/aromatic N) is 3.